The lowest BCUT2D eigenvalue weighted by Crippen LogP contribution is -2.45. The van der Waals surface area contributed by atoms with E-state index >= 15 is 4.11 Å². The predicted molar refractivity (Wildman–Crippen MR) is 150 cm³/mol. The highest BCUT2D eigenvalue weighted by Crippen LogP contribution is 2.60. The Morgan fingerprint density at radius 1 is 1.24 bits per heavy atom. The molecule has 1 aromatic rings. The molecule has 1 aromatic carbocycles. The minimum absolute atomic E-state index is 0.146. The van der Waals surface area contributed by atoms with Gasteiger partial charge in [-0.15, -0.1) is 0 Å². The Hall–Kier alpha value is -2.49. The van der Waals surface area contributed by atoms with Crippen LogP contribution in [-0.4, -0.2) is 57.9 Å². The smallest absolute Gasteiger partial charge is 0.414 e. The maximum atomic E-state index is 15.7. The van der Waals surface area contributed by atoms with Crippen LogP contribution in [0.4, 0.5) is 20.3 Å². The van der Waals surface area contributed by atoms with Gasteiger partial charge in [0.25, 0.3) is 5.91 Å². The summed E-state index contributed by atoms with van der Waals surface area (Å²) < 4.78 is 27.5. The molecule has 3 aliphatic heterocycles. The first-order valence-electron chi connectivity index (χ1n) is 13.6. The Morgan fingerprint density at radius 2 is 1.97 bits per heavy atom. The van der Waals surface area contributed by atoms with Gasteiger partial charge in [0.15, 0.2) is 5.60 Å². The largest absolute Gasteiger partial charge is 0.447 e. The molecular weight excluding hydrogens is 503 g/mol. The van der Waals surface area contributed by atoms with E-state index in [0.717, 1.165) is 12.8 Å². The molecule has 7 nitrogen and oxygen atoms in total. The second kappa shape index (κ2) is 10.9. The first-order valence-corrected chi connectivity index (χ1v) is 16.5. The number of cyclic esters (lactones) is 1. The molecule has 208 valence electrons. The summed E-state index contributed by atoms with van der Waals surface area (Å²) in [5, 5.41) is 9.76. The van der Waals surface area contributed by atoms with Crippen LogP contribution in [0, 0.1) is 5.92 Å². The highest BCUT2D eigenvalue weighted by Gasteiger charge is 2.66. The van der Waals surface area contributed by atoms with Crippen molar-refractivity contribution < 1.29 is 28.3 Å². The van der Waals surface area contributed by atoms with E-state index < -0.39 is 37.7 Å². The summed E-state index contributed by atoms with van der Waals surface area (Å²) in [5.41, 5.74) is 2.62. The number of fused-ring (bicyclic) bond motifs is 2. The Morgan fingerprint density at radius 3 is 2.58 bits per heavy atom. The van der Waals surface area contributed by atoms with Crippen LogP contribution in [0.25, 0.3) is 0 Å². The number of carbonyl (C=O) groups is 2. The topological polar surface area (TPSA) is 79.3 Å². The summed E-state index contributed by atoms with van der Waals surface area (Å²) >= 11 is 0. The molecule has 0 unspecified atom stereocenters. The van der Waals surface area contributed by atoms with Gasteiger partial charge in [-0.3, -0.25) is 9.69 Å². The van der Waals surface area contributed by atoms with Crippen LogP contribution in [0.2, 0.25) is 18.6 Å². The van der Waals surface area contributed by atoms with Crippen molar-refractivity contribution in [3.05, 3.63) is 47.1 Å². The average molecular weight is 545 g/mol. The zero-order chi connectivity index (χ0) is 27.8. The Labute approximate surface area is 226 Å². The monoisotopic (exact) mass is 544 g/mol. The summed E-state index contributed by atoms with van der Waals surface area (Å²) in [6.45, 7) is 12.4. The first-order chi connectivity index (χ1) is 17.9. The Bertz CT molecular complexity index is 1140. The summed E-state index contributed by atoms with van der Waals surface area (Å²) in [7, 11) is -3.27. The summed E-state index contributed by atoms with van der Waals surface area (Å²) in [6.07, 6.45) is 5.38. The number of anilines is 2. The maximum Gasteiger partial charge on any atom is 0.414 e. The van der Waals surface area contributed by atoms with E-state index in [4.69, 9.17) is 9.47 Å². The van der Waals surface area contributed by atoms with Crippen molar-refractivity contribution in [2.45, 2.75) is 77.3 Å². The molecule has 0 bridgehead atoms. The number of hydrogen-bond donors (Lipinski definition) is 1. The fourth-order valence-electron chi connectivity index (χ4n) is 6.35. The molecule has 3 heterocycles. The van der Waals surface area contributed by atoms with Gasteiger partial charge in [0.2, 0.25) is 8.41 Å². The average Bonchev–Trinajstić information content (AvgIpc) is 3.46. The van der Waals surface area contributed by atoms with Crippen LogP contribution in [-0.2, 0) is 19.9 Å². The number of rotatable bonds is 9. The number of carbonyl (C=O) groups excluding carboxylic acids is 2. The van der Waals surface area contributed by atoms with Gasteiger partial charge < -0.3 is 23.6 Å². The number of halogens is 1. The maximum absolute atomic E-state index is 15.7. The normalized spacial score (nSPS) is 27.4. The van der Waals surface area contributed by atoms with Gasteiger partial charge >= 0.3 is 6.09 Å². The summed E-state index contributed by atoms with van der Waals surface area (Å²) in [6, 6.07) is 5.52. The molecule has 3 aliphatic rings. The number of aliphatic hydroxyl groups excluding tert-OH is 1. The molecule has 0 aromatic heterocycles. The molecule has 0 radical (unpaired) electrons. The van der Waals surface area contributed by atoms with E-state index in [1.807, 2.05) is 25.1 Å². The van der Waals surface area contributed by atoms with Crippen LogP contribution in [0.3, 0.4) is 0 Å². The molecule has 0 saturated carbocycles. The van der Waals surface area contributed by atoms with Gasteiger partial charge in [0.05, 0.1) is 18.3 Å². The molecule has 4 atom stereocenters. The first kappa shape index (κ1) is 28.5. The van der Waals surface area contributed by atoms with Crippen LogP contribution in [0.1, 0.15) is 52.5 Å². The van der Waals surface area contributed by atoms with E-state index in [1.54, 1.807) is 22.9 Å². The van der Waals surface area contributed by atoms with Crippen molar-refractivity contribution in [3.63, 3.8) is 0 Å². The third-order valence-corrected chi connectivity index (χ3v) is 10.6. The number of allylic oxidation sites excluding steroid dienone is 3. The second-order valence-electron chi connectivity index (χ2n) is 11.5. The molecular formula is C29H41FN2O5Si. The number of amides is 2. The Balaban J connectivity index is 1.76. The van der Waals surface area contributed by atoms with Crippen molar-refractivity contribution in [2.75, 3.05) is 36.1 Å². The third kappa shape index (κ3) is 5.08. The van der Waals surface area contributed by atoms with Crippen molar-refractivity contribution in [1.29, 1.82) is 0 Å². The molecule has 1 spiro atoms. The molecule has 9 heteroatoms. The van der Waals surface area contributed by atoms with E-state index in [1.165, 1.54) is 11.1 Å². The van der Waals surface area contributed by atoms with Crippen molar-refractivity contribution in [2.24, 2.45) is 5.92 Å². The second-order valence-corrected chi connectivity index (χ2v) is 15.3. The van der Waals surface area contributed by atoms with Gasteiger partial charge in [0, 0.05) is 35.9 Å². The van der Waals surface area contributed by atoms with Gasteiger partial charge in [-0.2, -0.15) is 0 Å². The van der Waals surface area contributed by atoms with E-state index in [-0.39, 0.29) is 18.9 Å². The van der Waals surface area contributed by atoms with Gasteiger partial charge in [-0.1, -0.05) is 30.2 Å². The fraction of sp³-hybridized carbons (Fsp3) is 0.586. The van der Waals surface area contributed by atoms with Gasteiger partial charge in [0.1, 0.15) is 6.61 Å². The fourth-order valence-corrected chi connectivity index (χ4v) is 8.89. The quantitative estimate of drug-likeness (QED) is 0.240. The van der Waals surface area contributed by atoms with E-state index in [0.29, 0.717) is 36.6 Å². The van der Waals surface area contributed by atoms with Crippen LogP contribution in [0.5, 0.6) is 0 Å². The van der Waals surface area contributed by atoms with E-state index in [2.05, 4.69) is 32.9 Å². The summed E-state index contributed by atoms with van der Waals surface area (Å²) in [4.78, 5) is 29.9. The van der Waals surface area contributed by atoms with Crippen molar-refractivity contribution >= 4 is 31.8 Å². The number of aliphatic hydroxyl groups is 1. The number of benzene rings is 1. The van der Waals surface area contributed by atoms with Crippen LogP contribution < -0.4 is 9.80 Å². The van der Waals surface area contributed by atoms with Crippen LogP contribution >= 0.6 is 0 Å². The summed E-state index contributed by atoms with van der Waals surface area (Å²) in [5.74, 6) is -0.649. The SMILES string of the molecule is CC(C)=CCC/C(C)=C/CN1C(=O)[C@@]2(O[C@@H](CCO)[C@H]([Si](C)(C)F)[C@H]2C)c2cc(N3CCOC3=O)ccc21. The predicted octanol–water partition coefficient (Wildman–Crippen LogP) is 5.84. The van der Waals surface area contributed by atoms with Gasteiger partial charge in [-0.25, -0.2) is 4.79 Å². The number of nitrogens with zero attached hydrogens (tertiary/aromatic N) is 2. The third-order valence-electron chi connectivity index (χ3n) is 8.14. The number of hydrogen-bond acceptors (Lipinski definition) is 5. The molecule has 2 saturated heterocycles. The lowest BCUT2D eigenvalue weighted by Gasteiger charge is -2.31. The number of ether oxygens (including phenoxy) is 2. The lowest BCUT2D eigenvalue weighted by molar-refractivity contribution is -0.146. The van der Waals surface area contributed by atoms with Crippen molar-refractivity contribution in [1.82, 2.24) is 0 Å². The minimum Gasteiger partial charge on any atom is -0.447 e. The highest BCUT2D eigenvalue weighted by molar-refractivity contribution is 6.72. The minimum atomic E-state index is -3.27. The zero-order valence-corrected chi connectivity index (χ0v) is 24.4. The van der Waals surface area contributed by atoms with Crippen LogP contribution in [0.15, 0.2) is 41.5 Å². The molecule has 2 fully saturated rings. The van der Waals surface area contributed by atoms with Crippen molar-refractivity contribution in [3.8, 4) is 0 Å². The van der Waals surface area contributed by atoms with Gasteiger partial charge in [-0.05, 0) is 71.3 Å². The zero-order valence-electron chi connectivity index (χ0n) is 23.4. The molecule has 38 heavy (non-hydrogen) atoms. The standard InChI is InChI=1S/C29H41FN2O5Si/c1-19(2)8-7-9-20(3)12-14-32-24-11-10-22(31-15-17-36-28(31)35)18-23(24)29(27(32)34)21(4)26(38(5,6)30)25(37-29)13-16-33/h8,10-12,18,21,25-26,33H,7,9,13-17H2,1-6H3/b20-12+/t21-,25+,26-,29+/m1/s1. The molecule has 4 rings (SSSR count). The lowest BCUT2D eigenvalue weighted by atomic mass is 9.82. The molecule has 2 amide bonds. The molecule has 1 N–H and O–H groups in total. The molecule has 0 aliphatic carbocycles. The Kier molecular flexibility index (Phi) is 8.21. The van der Waals surface area contributed by atoms with E-state index in [9.17, 15) is 14.7 Å². The highest BCUT2D eigenvalue weighted by atomic mass is 28.4.